The maximum absolute atomic E-state index is 12.6. The van der Waals surface area contributed by atoms with Crippen LogP contribution in [-0.2, 0) is 0 Å². The van der Waals surface area contributed by atoms with Gasteiger partial charge in [-0.3, -0.25) is 4.79 Å². The van der Waals surface area contributed by atoms with E-state index >= 15 is 0 Å². The van der Waals surface area contributed by atoms with E-state index < -0.39 is 0 Å². The number of benzene rings is 2. The minimum atomic E-state index is -0.00365. The van der Waals surface area contributed by atoms with Crippen molar-refractivity contribution in [2.45, 2.75) is 18.9 Å². The molecule has 1 aliphatic carbocycles. The molecule has 2 aromatic carbocycles. The van der Waals surface area contributed by atoms with Gasteiger partial charge in [-0.1, -0.05) is 30.3 Å². The SMILES string of the molecule is O=C(NC(c1ccccc1)C1CC1)c1ccc2ncsc2c1. The summed E-state index contributed by atoms with van der Waals surface area (Å²) in [7, 11) is 0. The summed E-state index contributed by atoms with van der Waals surface area (Å²) in [5, 5.41) is 3.21. The Morgan fingerprint density at radius 2 is 2.00 bits per heavy atom. The number of nitrogens with one attached hydrogen (secondary N) is 1. The van der Waals surface area contributed by atoms with Gasteiger partial charge in [-0.25, -0.2) is 4.98 Å². The highest BCUT2D eigenvalue weighted by Gasteiger charge is 2.33. The molecule has 1 amide bonds. The van der Waals surface area contributed by atoms with Crippen LogP contribution in [0.5, 0.6) is 0 Å². The molecular formula is C18H16N2OS. The van der Waals surface area contributed by atoms with Crippen molar-refractivity contribution in [1.29, 1.82) is 0 Å². The molecule has 4 rings (SSSR count). The van der Waals surface area contributed by atoms with E-state index in [0.717, 1.165) is 10.2 Å². The van der Waals surface area contributed by atoms with Crippen LogP contribution >= 0.6 is 11.3 Å². The van der Waals surface area contributed by atoms with Gasteiger partial charge in [0.2, 0.25) is 0 Å². The molecule has 1 heterocycles. The fourth-order valence-electron chi connectivity index (χ4n) is 2.78. The number of carbonyl (C=O) groups is 1. The fraction of sp³-hybridized carbons (Fsp3) is 0.222. The standard InChI is InChI=1S/C18H16N2OS/c21-18(14-8-9-15-16(10-14)22-11-19-15)20-17(13-6-7-13)12-4-2-1-3-5-12/h1-5,8-11,13,17H,6-7H2,(H,20,21). The Kier molecular flexibility index (Phi) is 3.39. The Hall–Kier alpha value is -2.20. The van der Waals surface area contributed by atoms with Crippen LogP contribution in [-0.4, -0.2) is 10.9 Å². The van der Waals surface area contributed by atoms with Crippen molar-refractivity contribution in [2.24, 2.45) is 5.92 Å². The first-order valence-corrected chi connectivity index (χ1v) is 8.38. The molecule has 0 saturated heterocycles. The molecular weight excluding hydrogens is 292 g/mol. The summed E-state index contributed by atoms with van der Waals surface area (Å²) in [6.45, 7) is 0. The van der Waals surface area contributed by atoms with E-state index in [0.29, 0.717) is 11.5 Å². The Bertz CT molecular complexity index is 808. The number of hydrogen-bond acceptors (Lipinski definition) is 3. The van der Waals surface area contributed by atoms with Crippen LogP contribution < -0.4 is 5.32 Å². The Labute approximate surface area is 133 Å². The zero-order valence-corrected chi connectivity index (χ0v) is 12.8. The normalized spacial score (nSPS) is 15.6. The summed E-state index contributed by atoms with van der Waals surface area (Å²) < 4.78 is 1.05. The molecule has 3 nitrogen and oxygen atoms in total. The Morgan fingerprint density at radius 1 is 1.18 bits per heavy atom. The number of nitrogens with zero attached hydrogens (tertiary/aromatic N) is 1. The average molecular weight is 308 g/mol. The van der Waals surface area contributed by atoms with Gasteiger partial charge in [0.25, 0.3) is 5.91 Å². The summed E-state index contributed by atoms with van der Waals surface area (Å²) >= 11 is 1.56. The van der Waals surface area contributed by atoms with Gasteiger partial charge in [-0.15, -0.1) is 11.3 Å². The van der Waals surface area contributed by atoms with Crippen molar-refractivity contribution in [3.8, 4) is 0 Å². The molecule has 0 bridgehead atoms. The highest BCUT2D eigenvalue weighted by Crippen LogP contribution is 2.41. The summed E-state index contributed by atoms with van der Waals surface area (Å²) in [5.41, 5.74) is 4.66. The monoisotopic (exact) mass is 308 g/mol. The minimum Gasteiger partial charge on any atom is -0.345 e. The molecule has 3 aromatic rings. The Morgan fingerprint density at radius 3 is 2.77 bits per heavy atom. The van der Waals surface area contributed by atoms with Gasteiger partial charge in [0.1, 0.15) is 0 Å². The molecule has 1 aromatic heterocycles. The zero-order chi connectivity index (χ0) is 14.9. The smallest absolute Gasteiger partial charge is 0.251 e. The summed E-state index contributed by atoms with van der Waals surface area (Å²) in [6.07, 6.45) is 2.38. The average Bonchev–Trinajstić information content (AvgIpc) is 3.29. The van der Waals surface area contributed by atoms with Crippen LogP contribution in [0.25, 0.3) is 10.2 Å². The van der Waals surface area contributed by atoms with Gasteiger partial charge in [0, 0.05) is 5.56 Å². The van der Waals surface area contributed by atoms with E-state index in [9.17, 15) is 4.79 Å². The van der Waals surface area contributed by atoms with Crippen molar-refractivity contribution in [3.63, 3.8) is 0 Å². The predicted molar refractivity (Wildman–Crippen MR) is 89.0 cm³/mol. The number of aromatic nitrogens is 1. The molecule has 4 heteroatoms. The van der Waals surface area contributed by atoms with Gasteiger partial charge in [0.15, 0.2) is 0 Å². The van der Waals surface area contributed by atoms with Crippen molar-refractivity contribution in [3.05, 3.63) is 65.2 Å². The van der Waals surface area contributed by atoms with Crippen LogP contribution in [0.15, 0.2) is 54.0 Å². The van der Waals surface area contributed by atoms with E-state index in [-0.39, 0.29) is 11.9 Å². The van der Waals surface area contributed by atoms with Gasteiger partial charge >= 0.3 is 0 Å². The largest absolute Gasteiger partial charge is 0.345 e. The van der Waals surface area contributed by atoms with Gasteiger partial charge in [0.05, 0.1) is 21.8 Å². The lowest BCUT2D eigenvalue weighted by molar-refractivity contribution is 0.0932. The number of rotatable bonds is 4. The molecule has 0 spiro atoms. The third-order valence-corrected chi connectivity index (χ3v) is 4.92. The van der Waals surface area contributed by atoms with Crippen LogP contribution in [0.3, 0.4) is 0 Å². The summed E-state index contributed by atoms with van der Waals surface area (Å²) in [5.74, 6) is 0.564. The second kappa shape index (κ2) is 5.54. The molecule has 22 heavy (non-hydrogen) atoms. The first kappa shape index (κ1) is 13.5. The maximum Gasteiger partial charge on any atom is 0.251 e. The number of thiazole rings is 1. The van der Waals surface area contributed by atoms with Crippen LogP contribution in [0.4, 0.5) is 0 Å². The molecule has 1 unspecified atom stereocenters. The molecule has 0 radical (unpaired) electrons. The number of carbonyl (C=O) groups excluding carboxylic acids is 1. The molecule has 0 aliphatic heterocycles. The molecule has 110 valence electrons. The highest BCUT2D eigenvalue weighted by molar-refractivity contribution is 7.16. The molecule has 1 aliphatic rings. The van der Waals surface area contributed by atoms with Crippen LogP contribution in [0.1, 0.15) is 34.8 Å². The topological polar surface area (TPSA) is 42.0 Å². The number of hydrogen-bond donors (Lipinski definition) is 1. The first-order valence-electron chi connectivity index (χ1n) is 7.50. The number of fused-ring (bicyclic) bond motifs is 1. The van der Waals surface area contributed by atoms with Gasteiger partial charge < -0.3 is 5.32 Å². The van der Waals surface area contributed by atoms with Crippen molar-refractivity contribution in [2.75, 3.05) is 0 Å². The Balaban J connectivity index is 1.59. The lowest BCUT2D eigenvalue weighted by Crippen LogP contribution is -2.29. The van der Waals surface area contributed by atoms with E-state index in [4.69, 9.17) is 0 Å². The van der Waals surface area contributed by atoms with E-state index in [1.165, 1.54) is 18.4 Å². The van der Waals surface area contributed by atoms with Crippen molar-refractivity contribution < 1.29 is 4.79 Å². The lowest BCUT2D eigenvalue weighted by atomic mass is 10.0. The summed E-state index contributed by atoms with van der Waals surface area (Å²) in [4.78, 5) is 16.9. The van der Waals surface area contributed by atoms with Crippen molar-refractivity contribution in [1.82, 2.24) is 10.3 Å². The first-order chi connectivity index (χ1) is 10.8. The van der Waals surface area contributed by atoms with E-state index in [2.05, 4.69) is 22.4 Å². The zero-order valence-electron chi connectivity index (χ0n) is 12.0. The third kappa shape index (κ3) is 2.62. The molecule has 1 N–H and O–H groups in total. The highest BCUT2D eigenvalue weighted by atomic mass is 32.1. The maximum atomic E-state index is 12.6. The van der Waals surface area contributed by atoms with E-state index in [1.807, 2.05) is 41.9 Å². The van der Waals surface area contributed by atoms with Gasteiger partial charge in [-0.2, -0.15) is 0 Å². The predicted octanol–water partition coefficient (Wildman–Crippen LogP) is 4.18. The molecule has 1 saturated carbocycles. The van der Waals surface area contributed by atoms with E-state index in [1.54, 1.807) is 11.3 Å². The molecule has 1 atom stereocenters. The quantitative estimate of drug-likeness (QED) is 0.785. The van der Waals surface area contributed by atoms with Crippen LogP contribution in [0, 0.1) is 5.92 Å². The van der Waals surface area contributed by atoms with Crippen LogP contribution in [0.2, 0.25) is 0 Å². The second-order valence-electron chi connectivity index (χ2n) is 5.73. The van der Waals surface area contributed by atoms with Crippen molar-refractivity contribution >= 4 is 27.5 Å². The number of amides is 1. The van der Waals surface area contributed by atoms with Gasteiger partial charge in [-0.05, 0) is 42.5 Å². The molecule has 1 fully saturated rings. The lowest BCUT2D eigenvalue weighted by Gasteiger charge is -2.19. The second-order valence-corrected chi connectivity index (χ2v) is 6.62. The summed E-state index contributed by atoms with van der Waals surface area (Å²) in [6, 6.07) is 16.1. The minimum absolute atomic E-state index is 0.00365. The fourth-order valence-corrected chi connectivity index (χ4v) is 3.50. The third-order valence-electron chi connectivity index (χ3n) is 4.13.